The van der Waals surface area contributed by atoms with E-state index in [1.807, 2.05) is 12.1 Å². The Balaban J connectivity index is 1.79. The minimum absolute atomic E-state index is 0.0489. The van der Waals surface area contributed by atoms with Gasteiger partial charge in [-0.25, -0.2) is 0 Å². The summed E-state index contributed by atoms with van der Waals surface area (Å²) in [5, 5.41) is 0. The van der Waals surface area contributed by atoms with Crippen molar-refractivity contribution < 1.29 is 0 Å². The van der Waals surface area contributed by atoms with Crippen LogP contribution in [0.15, 0.2) is 72.8 Å². The van der Waals surface area contributed by atoms with Gasteiger partial charge >= 0.3 is 151 Å². The molecule has 0 radical (unpaired) electrons. The predicted octanol–water partition coefficient (Wildman–Crippen LogP) is 3.75. The third-order valence-corrected chi connectivity index (χ3v) is 5.50. The summed E-state index contributed by atoms with van der Waals surface area (Å²) in [6.45, 7) is 0.780. The molecule has 0 aliphatic heterocycles. The zero-order chi connectivity index (χ0) is 16.6. The number of nitrogens with zero attached hydrogens (tertiary/aromatic N) is 4. The summed E-state index contributed by atoms with van der Waals surface area (Å²) < 4.78 is 11.4. The number of benzene rings is 3. The Bertz CT molecular complexity index is 1160. The Hall–Kier alpha value is -2.75. The summed E-state index contributed by atoms with van der Waals surface area (Å²) in [5.74, 6) is 0.974. The van der Waals surface area contributed by atoms with Crippen LogP contribution in [-0.2, 0) is 6.54 Å². The van der Waals surface area contributed by atoms with Gasteiger partial charge in [0.05, 0.1) is 0 Å². The second-order valence-electron chi connectivity index (χ2n) is 5.94. The van der Waals surface area contributed by atoms with E-state index in [1.165, 1.54) is 5.56 Å². The number of hydrogen-bond acceptors (Lipinski definition) is 3. The van der Waals surface area contributed by atoms with E-state index in [0.717, 1.165) is 40.0 Å². The van der Waals surface area contributed by atoms with Gasteiger partial charge in [0, 0.05) is 0 Å². The van der Waals surface area contributed by atoms with Gasteiger partial charge in [-0.1, -0.05) is 0 Å². The van der Waals surface area contributed by atoms with Gasteiger partial charge in [0.2, 0.25) is 0 Å². The van der Waals surface area contributed by atoms with Crippen molar-refractivity contribution in [2.45, 2.75) is 6.54 Å². The summed E-state index contributed by atoms with van der Waals surface area (Å²) in [7, 11) is 0. The average Bonchev–Trinajstić information content (AvgIpc) is 3.28. The fourth-order valence-corrected chi connectivity index (χ4v) is 4.30. The van der Waals surface area contributed by atoms with Crippen molar-refractivity contribution in [3.8, 4) is 11.4 Å². The maximum atomic E-state index is 4.97. The molecule has 0 bridgehead atoms. The standard InChI is InChI=1S/C20H14N4Se/c1-3-7-14(8-4-1)13-24-17-12-11-16-18(23-25-22-16)19(17)21-20(24)15-9-5-2-6-10-15/h1-12H,13H2. The van der Waals surface area contributed by atoms with Gasteiger partial charge in [-0.05, 0) is 0 Å². The van der Waals surface area contributed by atoms with Gasteiger partial charge in [-0.15, -0.1) is 0 Å². The third-order valence-electron chi connectivity index (χ3n) is 4.36. The van der Waals surface area contributed by atoms with Gasteiger partial charge in [-0.2, -0.15) is 0 Å². The Kier molecular flexibility index (Phi) is 3.47. The molecule has 5 rings (SSSR count). The molecular formula is C20H14N4Se. The summed E-state index contributed by atoms with van der Waals surface area (Å²) in [6, 6.07) is 25.0. The molecule has 25 heavy (non-hydrogen) atoms. The zero-order valence-corrected chi connectivity index (χ0v) is 15.0. The van der Waals surface area contributed by atoms with Crippen LogP contribution in [0.25, 0.3) is 33.5 Å². The van der Waals surface area contributed by atoms with Crippen LogP contribution < -0.4 is 0 Å². The number of imidazole rings is 1. The molecule has 5 heteroatoms. The van der Waals surface area contributed by atoms with E-state index in [-0.39, 0.29) is 15.0 Å². The van der Waals surface area contributed by atoms with Gasteiger partial charge in [0.25, 0.3) is 0 Å². The van der Waals surface area contributed by atoms with Crippen molar-refractivity contribution >= 4 is 37.0 Å². The molecule has 3 aromatic carbocycles. The van der Waals surface area contributed by atoms with E-state index in [9.17, 15) is 0 Å². The average molecular weight is 389 g/mol. The first kappa shape index (κ1) is 14.6. The molecular weight excluding hydrogens is 375 g/mol. The normalized spacial score (nSPS) is 11.4. The Morgan fingerprint density at radius 2 is 1.52 bits per heavy atom. The fourth-order valence-electron chi connectivity index (χ4n) is 3.17. The Morgan fingerprint density at radius 3 is 2.32 bits per heavy atom. The van der Waals surface area contributed by atoms with Gasteiger partial charge in [0.1, 0.15) is 0 Å². The summed E-state index contributed by atoms with van der Waals surface area (Å²) in [5.41, 5.74) is 6.35. The van der Waals surface area contributed by atoms with Crippen LogP contribution in [-0.4, -0.2) is 32.5 Å². The van der Waals surface area contributed by atoms with Gasteiger partial charge in [0.15, 0.2) is 0 Å². The molecule has 0 atom stereocenters. The quantitative estimate of drug-likeness (QED) is 0.442. The second kappa shape index (κ2) is 5.96. The minimum atomic E-state index is -0.0489. The molecule has 0 aliphatic rings. The van der Waals surface area contributed by atoms with Crippen LogP contribution in [0.3, 0.4) is 0 Å². The fraction of sp³-hybridized carbons (Fsp3) is 0.0500. The van der Waals surface area contributed by atoms with Crippen molar-refractivity contribution in [1.29, 1.82) is 0 Å². The van der Waals surface area contributed by atoms with Crippen molar-refractivity contribution in [3.05, 3.63) is 78.4 Å². The van der Waals surface area contributed by atoms with Crippen molar-refractivity contribution in [2.75, 3.05) is 0 Å². The predicted molar refractivity (Wildman–Crippen MR) is 101 cm³/mol. The van der Waals surface area contributed by atoms with Gasteiger partial charge in [-0.3, -0.25) is 0 Å². The van der Waals surface area contributed by atoms with Crippen molar-refractivity contribution in [2.24, 2.45) is 0 Å². The number of aromatic nitrogens is 4. The van der Waals surface area contributed by atoms with E-state index in [1.54, 1.807) is 0 Å². The van der Waals surface area contributed by atoms with Crippen LogP contribution in [0.4, 0.5) is 0 Å². The first-order valence-electron chi connectivity index (χ1n) is 8.11. The van der Waals surface area contributed by atoms with Crippen molar-refractivity contribution in [3.63, 3.8) is 0 Å². The molecule has 0 aliphatic carbocycles. The van der Waals surface area contributed by atoms with E-state index >= 15 is 0 Å². The molecule has 0 saturated heterocycles. The maximum absolute atomic E-state index is 4.97. The van der Waals surface area contributed by atoms with Crippen LogP contribution in [0.2, 0.25) is 0 Å². The molecule has 2 aromatic heterocycles. The Morgan fingerprint density at radius 1 is 0.760 bits per heavy atom. The summed E-state index contributed by atoms with van der Waals surface area (Å²) >= 11 is -0.0489. The molecule has 5 aromatic rings. The first-order valence-corrected chi connectivity index (χ1v) is 9.64. The monoisotopic (exact) mass is 390 g/mol. The van der Waals surface area contributed by atoms with Crippen LogP contribution in [0, 0.1) is 0 Å². The molecule has 0 N–H and O–H groups in total. The summed E-state index contributed by atoms with van der Waals surface area (Å²) in [4.78, 5) is 4.97. The first-order chi connectivity index (χ1) is 12.4. The molecule has 4 nitrogen and oxygen atoms in total. The SMILES string of the molecule is c1ccc(Cn2c(-c3ccccc3)nc3c4n[se]nc4ccc32)cc1. The van der Waals surface area contributed by atoms with Crippen LogP contribution >= 0.6 is 0 Å². The molecule has 0 saturated carbocycles. The van der Waals surface area contributed by atoms with Gasteiger partial charge < -0.3 is 0 Å². The van der Waals surface area contributed by atoms with E-state index in [0.29, 0.717) is 0 Å². The van der Waals surface area contributed by atoms with E-state index in [4.69, 9.17) is 4.98 Å². The molecule has 0 fully saturated rings. The molecule has 2 heterocycles. The third kappa shape index (κ3) is 2.49. The number of fused-ring (bicyclic) bond motifs is 3. The second-order valence-corrected chi connectivity index (χ2v) is 7.05. The topological polar surface area (TPSA) is 43.6 Å². The molecule has 0 amide bonds. The van der Waals surface area contributed by atoms with Crippen LogP contribution in [0.5, 0.6) is 0 Å². The zero-order valence-electron chi connectivity index (χ0n) is 13.3. The Labute approximate surface area is 151 Å². The van der Waals surface area contributed by atoms with Crippen molar-refractivity contribution in [1.82, 2.24) is 17.5 Å². The molecule has 0 spiro atoms. The summed E-state index contributed by atoms with van der Waals surface area (Å²) in [6.07, 6.45) is 0. The number of rotatable bonds is 3. The molecule has 120 valence electrons. The van der Waals surface area contributed by atoms with E-state index in [2.05, 4.69) is 73.2 Å². The van der Waals surface area contributed by atoms with Crippen LogP contribution in [0.1, 0.15) is 5.56 Å². The number of hydrogen-bond donors (Lipinski definition) is 0. The van der Waals surface area contributed by atoms with E-state index < -0.39 is 0 Å². The molecule has 0 unspecified atom stereocenters.